The van der Waals surface area contributed by atoms with Gasteiger partial charge in [0.2, 0.25) is 0 Å². The molecule has 1 atom stereocenters. The summed E-state index contributed by atoms with van der Waals surface area (Å²) in [5, 5.41) is 13.3. The number of ether oxygens (including phenoxy) is 1. The number of nitrogens with one attached hydrogen (secondary N) is 1. The molecule has 2 aromatic heterocycles. The Morgan fingerprint density at radius 3 is 3.18 bits per heavy atom. The van der Waals surface area contributed by atoms with Gasteiger partial charge in [-0.2, -0.15) is 0 Å². The van der Waals surface area contributed by atoms with Gasteiger partial charge < -0.3 is 10.1 Å². The zero-order valence-electron chi connectivity index (χ0n) is 12.7. The summed E-state index contributed by atoms with van der Waals surface area (Å²) in [5.74, 6) is 1.60. The number of aromatic nitrogens is 3. The second kappa shape index (κ2) is 7.51. The molecule has 0 amide bonds. The van der Waals surface area contributed by atoms with Gasteiger partial charge in [-0.1, -0.05) is 17.4 Å². The first-order chi connectivity index (χ1) is 10.8. The predicted molar refractivity (Wildman–Crippen MR) is 87.2 cm³/mol. The lowest BCUT2D eigenvalue weighted by Gasteiger charge is -2.14. The van der Waals surface area contributed by atoms with Crippen LogP contribution >= 0.6 is 11.3 Å². The summed E-state index contributed by atoms with van der Waals surface area (Å²) in [4.78, 5) is 6.72. The molecule has 6 nitrogen and oxygen atoms in total. The van der Waals surface area contributed by atoms with Crippen LogP contribution in [0.4, 0.5) is 5.82 Å². The lowest BCUT2D eigenvalue weighted by atomic mass is 10.1. The number of pyridine rings is 1. The predicted octanol–water partition coefficient (Wildman–Crippen LogP) is 2.27. The topological polar surface area (TPSA) is 63.2 Å². The summed E-state index contributed by atoms with van der Waals surface area (Å²) < 4.78 is 5.37. The SMILES string of the molecule is CCOc1nnc(CN2CC[C@H](CNc3ccccn3)C2)s1. The quantitative estimate of drug-likeness (QED) is 0.844. The fourth-order valence-corrected chi connectivity index (χ4v) is 3.40. The minimum Gasteiger partial charge on any atom is -0.469 e. The van der Waals surface area contributed by atoms with Gasteiger partial charge in [0.15, 0.2) is 0 Å². The van der Waals surface area contributed by atoms with Gasteiger partial charge in [0, 0.05) is 19.3 Å². The maximum Gasteiger partial charge on any atom is 0.294 e. The molecule has 0 aromatic carbocycles. The van der Waals surface area contributed by atoms with Crippen LogP contribution in [0.15, 0.2) is 24.4 Å². The molecule has 1 aliphatic heterocycles. The van der Waals surface area contributed by atoms with Crippen molar-refractivity contribution in [1.82, 2.24) is 20.1 Å². The highest BCUT2D eigenvalue weighted by atomic mass is 32.1. The molecule has 0 unspecified atom stereocenters. The van der Waals surface area contributed by atoms with Crippen LogP contribution in [0.3, 0.4) is 0 Å². The standard InChI is InChI=1S/C15H21N5OS/c1-2-21-15-19-18-14(22-15)11-20-8-6-12(10-20)9-17-13-5-3-4-7-16-13/h3-5,7,12H,2,6,8-11H2,1H3,(H,16,17)/t12-/m1/s1. The van der Waals surface area contributed by atoms with Gasteiger partial charge in [-0.3, -0.25) is 4.90 Å². The van der Waals surface area contributed by atoms with Crippen LogP contribution in [-0.2, 0) is 6.54 Å². The average Bonchev–Trinajstić information content (AvgIpc) is 3.17. The van der Waals surface area contributed by atoms with Crippen molar-refractivity contribution in [3.63, 3.8) is 0 Å². The molecule has 1 fully saturated rings. The van der Waals surface area contributed by atoms with Gasteiger partial charge in [-0.25, -0.2) is 4.98 Å². The Hall–Kier alpha value is -1.73. The van der Waals surface area contributed by atoms with Crippen molar-refractivity contribution < 1.29 is 4.74 Å². The zero-order chi connectivity index (χ0) is 15.2. The van der Waals surface area contributed by atoms with E-state index in [4.69, 9.17) is 4.74 Å². The van der Waals surface area contributed by atoms with E-state index in [1.165, 1.54) is 6.42 Å². The van der Waals surface area contributed by atoms with Crippen molar-refractivity contribution in [2.45, 2.75) is 19.9 Å². The van der Waals surface area contributed by atoms with E-state index in [0.29, 0.717) is 17.7 Å². The molecular weight excluding hydrogens is 298 g/mol. The first kappa shape index (κ1) is 15.2. The fraction of sp³-hybridized carbons (Fsp3) is 0.533. The number of hydrogen-bond donors (Lipinski definition) is 1. The summed E-state index contributed by atoms with van der Waals surface area (Å²) in [6, 6.07) is 5.94. The van der Waals surface area contributed by atoms with Crippen LogP contribution in [0.25, 0.3) is 0 Å². The van der Waals surface area contributed by atoms with Crippen LogP contribution in [-0.4, -0.2) is 46.3 Å². The van der Waals surface area contributed by atoms with Crippen LogP contribution in [0.2, 0.25) is 0 Å². The number of hydrogen-bond acceptors (Lipinski definition) is 7. The van der Waals surface area contributed by atoms with Crippen molar-refractivity contribution in [3.05, 3.63) is 29.4 Å². The van der Waals surface area contributed by atoms with Gasteiger partial charge in [-0.15, -0.1) is 10.2 Å². The molecular formula is C15H21N5OS. The van der Waals surface area contributed by atoms with Crippen LogP contribution in [0, 0.1) is 5.92 Å². The summed E-state index contributed by atoms with van der Waals surface area (Å²) >= 11 is 1.54. The molecule has 2 aromatic rings. The van der Waals surface area contributed by atoms with Gasteiger partial charge in [-0.05, 0) is 37.9 Å². The molecule has 7 heteroatoms. The Balaban J connectivity index is 1.43. The molecule has 0 aliphatic carbocycles. The normalized spacial score (nSPS) is 18.5. The van der Waals surface area contributed by atoms with Crippen molar-refractivity contribution in [2.24, 2.45) is 5.92 Å². The minimum absolute atomic E-state index is 0.639. The fourth-order valence-electron chi connectivity index (χ4n) is 2.61. The van der Waals surface area contributed by atoms with Gasteiger partial charge in [0.25, 0.3) is 5.19 Å². The summed E-state index contributed by atoms with van der Waals surface area (Å²) in [5.41, 5.74) is 0. The van der Waals surface area contributed by atoms with Gasteiger partial charge in [0.1, 0.15) is 10.8 Å². The highest BCUT2D eigenvalue weighted by Crippen LogP contribution is 2.23. The first-order valence-corrected chi connectivity index (χ1v) is 8.47. The highest BCUT2D eigenvalue weighted by Gasteiger charge is 2.23. The lowest BCUT2D eigenvalue weighted by Crippen LogP contribution is -2.22. The van der Waals surface area contributed by atoms with E-state index in [1.807, 2.05) is 31.3 Å². The average molecular weight is 319 g/mol. The molecule has 118 valence electrons. The Labute approximate surface area is 134 Å². The first-order valence-electron chi connectivity index (χ1n) is 7.66. The Bertz CT molecular complexity index is 576. The third-order valence-corrected chi connectivity index (χ3v) is 4.50. The summed E-state index contributed by atoms with van der Waals surface area (Å²) in [7, 11) is 0. The largest absolute Gasteiger partial charge is 0.469 e. The molecule has 1 saturated heterocycles. The monoisotopic (exact) mass is 319 g/mol. The molecule has 0 saturated carbocycles. The van der Waals surface area contributed by atoms with Crippen LogP contribution in [0.1, 0.15) is 18.4 Å². The molecule has 0 radical (unpaired) electrons. The van der Waals surface area contributed by atoms with Crippen molar-refractivity contribution in [3.8, 4) is 5.19 Å². The maximum absolute atomic E-state index is 5.37. The molecule has 3 rings (SSSR count). The second-order valence-corrected chi connectivity index (χ2v) is 6.41. The second-order valence-electron chi connectivity index (χ2n) is 5.38. The van der Waals surface area contributed by atoms with E-state index in [9.17, 15) is 0 Å². The van der Waals surface area contributed by atoms with Crippen LogP contribution < -0.4 is 10.1 Å². The Kier molecular flexibility index (Phi) is 5.18. The highest BCUT2D eigenvalue weighted by molar-refractivity contribution is 7.13. The van der Waals surface area contributed by atoms with Crippen molar-refractivity contribution in [1.29, 1.82) is 0 Å². The van der Waals surface area contributed by atoms with E-state index in [1.54, 1.807) is 11.3 Å². The maximum atomic E-state index is 5.37. The number of nitrogens with zero attached hydrogens (tertiary/aromatic N) is 4. The van der Waals surface area contributed by atoms with Gasteiger partial charge >= 0.3 is 0 Å². The molecule has 22 heavy (non-hydrogen) atoms. The number of anilines is 1. The zero-order valence-corrected chi connectivity index (χ0v) is 13.6. The summed E-state index contributed by atoms with van der Waals surface area (Å²) in [6.07, 6.45) is 3.02. The van der Waals surface area contributed by atoms with Crippen molar-refractivity contribution >= 4 is 17.2 Å². The lowest BCUT2D eigenvalue weighted by molar-refractivity contribution is 0.317. The van der Waals surface area contributed by atoms with Crippen LogP contribution in [0.5, 0.6) is 5.19 Å². The van der Waals surface area contributed by atoms with Crippen molar-refractivity contribution in [2.75, 3.05) is 31.6 Å². The number of likely N-dealkylation sites (tertiary alicyclic amines) is 1. The smallest absolute Gasteiger partial charge is 0.294 e. The molecule has 3 heterocycles. The van der Waals surface area contributed by atoms with E-state index >= 15 is 0 Å². The summed E-state index contributed by atoms with van der Waals surface area (Å²) in [6.45, 7) is 6.63. The number of rotatable bonds is 7. The Morgan fingerprint density at radius 1 is 1.41 bits per heavy atom. The third kappa shape index (κ3) is 4.14. The minimum atomic E-state index is 0.639. The van der Waals surface area contributed by atoms with E-state index in [-0.39, 0.29) is 0 Å². The molecule has 1 aliphatic rings. The third-order valence-electron chi connectivity index (χ3n) is 3.68. The van der Waals surface area contributed by atoms with E-state index < -0.39 is 0 Å². The van der Waals surface area contributed by atoms with Gasteiger partial charge in [0.05, 0.1) is 13.2 Å². The molecule has 0 bridgehead atoms. The molecule has 1 N–H and O–H groups in total. The van der Waals surface area contributed by atoms with E-state index in [2.05, 4.69) is 25.4 Å². The Morgan fingerprint density at radius 2 is 2.36 bits per heavy atom. The van der Waals surface area contributed by atoms with E-state index in [0.717, 1.165) is 37.0 Å². The molecule has 0 spiro atoms.